The van der Waals surface area contributed by atoms with Crippen molar-refractivity contribution in [3.8, 4) is 5.75 Å². The Hall–Kier alpha value is -2.94. The molecule has 3 aliphatic heterocycles. The fraction of sp³-hybridized carbons (Fsp3) is 0.517. The first-order valence-electron chi connectivity index (χ1n) is 13.6. The SMILES string of the molecule is CN[C@@H](C)C(=O)N[C@H](C(=O)N1C[C@H]2CCCN2C[C@H]1CN[C@@H]1CCOc2ccccc21)c1ccccc1. The average Bonchev–Trinajstić information content (AvgIpc) is 3.41. The Balaban J connectivity index is 1.37. The molecule has 2 saturated heterocycles. The van der Waals surface area contributed by atoms with E-state index in [0.29, 0.717) is 25.7 Å². The molecule has 0 radical (unpaired) electrons. The van der Waals surface area contributed by atoms with Crippen LogP contribution in [0.15, 0.2) is 54.6 Å². The molecule has 198 valence electrons. The van der Waals surface area contributed by atoms with Crippen molar-refractivity contribution < 1.29 is 14.3 Å². The third kappa shape index (κ3) is 5.66. The van der Waals surface area contributed by atoms with Crippen LogP contribution in [0, 0.1) is 0 Å². The Kier molecular flexibility index (Phi) is 8.08. The van der Waals surface area contributed by atoms with Gasteiger partial charge in [0.1, 0.15) is 11.8 Å². The van der Waals surface area contributed by atoms with Gasteiger partial charge in [0.05, 0.1) is 18.7 Å². The molecule has 3 heterocycles. The fourth-order valence-corrected chi connectivity index (χ4v) is 5.86. The molecule has 37 heavy (non-hydrogen) atoms. The number of carbonyl (C=O) groups excluding carboxylic acids is 2. The minimum atomic E-state index is -0.719. The van der Waals surface area contributed by atoms with Gasteiger partial charge in [0.2, 0.25) is 11.8 Å². The van der Waals surface area contributed by atoms with Crippen LogP contribution in [-0.2, 0) is 9.59 Å². The van der Waals surface area contributed by atoms with E-state index in [9.17, 15) is 9.59 Å². The molecule has 3 aliphatic rings. The Morgan fingerprint density at radius 3 is 2.65 bits per heavy atom. The van der Waals surface area contributed by atoms with E-state index in [-0.39, 0.29) is 23.9 Å². The van der Waals surface area contributed by atoms with Gasteiger partial charge in [-0.25, -0.2) is 0 Å². The van der Waals surface area contributed by atoms with Crippen LogP contribution in [0.2, 0.25) is 0 Å². The largest absolute Gasteiger partial charge is 0.493 e. The summed E-state index contributed by atoms with van der Waals surface area (Å²) in [6.45, 7) is 5.80. The molecule has 2 aromatic carbocycles. The highest BCUT2D eigenvalue weighted by atomic mass is 16.5. The molecule has 0 unspecified atom stereocenters. The number of para-hydroxylation sites is 1. The van der Waals surface area contributed by atoms with Gasteiger partial charge in [-0.2, -0.15) is 0 Å². The lowest BCUT2D eigenvalue weighted by molar-refractivity contribution is -0.142. The van der Waals surface area contributed by atoms with Gasteiger partial charge in [0.15, 0.2) is 0 Å². The van der Waals surface area contributed by atoms with Crippen molar-refractivity contribution >= 4 is 11.8 Å². The standard InChI is InChI=1S/C29H39N5O3/c1-20(30-2)28(35)32-27(21-9-4-3-5-10-21)29(36)34-19-22-11-8-15-33(22)18-23(34)17-31-25-14-16-37-26-13-7-6-12-24(25)26/h3-7,9-10,12-13,20,22-23,25,27,30-31H,8,11,14-19H2,1-2H3,(H,32,35)/t20-,22+,23+,25+,27-/m0/s1. The highest BCUT2D eigenvalue weighted by molar-refractivity contribution is 5.90. The van der Waals surface area contributed by atoms with Crippen LogP contribution in [0.1, 0.15) is 49.4 Å². The number of benzene rings is 2. The first kappa shape index (κ1) is 25.7. The third-order valence-corrected chi connectivity index (χ3v) is 8.13. The zero-order chi connectivity index (χ0) is 25.8. The molecule has 0 aromatic heterocycles. The summed E-state index contributed by atoms with van der Waals surface area (Å²) in [4.78, 5) is 31.7. The molecule has 0 spiro atoms. The predicted molar refractivity (Wildman–Crippen MR) is 143 cm³/mol. The first-order chi connectivity index (χ1) is 18.0. The van der Waals surface area contributed by atoms with Gasteiger partial charge in [-0.1, -0.05) is 48.5 Å². The number of nitrogens with zero attached hydrogens (tertiary/aromatic N) is 2. The molecule has 2 fully saturated rings. The maximum Gasteiger partial charge on any atom is 0.250 e. The monoisotopic (exact) mass is 505 g/mol. The summed E-state index contributed by atoms with van der Waals surface area (Å²) in [5.74, 6) is 0.721. The minimum absolute atomic E-state index is 0.0155. The number of piperazine rings is 1. The van der Waals surface area contributed by atoms with Gasteiger partial charge in [-0.05, 0) is 45.0 Å². The number of hydrogen-bond acceptors (Lipinski definition) is 6. The number of nitrogens with one attached hydrogen (secondary N) is 3. The average molecular weight is 506 g/mol. The molecule has 8 heteroatoms. The van der Waals surface area contributed by atoms with Gasteiger partial charge in [0.25, 0.3) is 0 Å². The van der Waals surface area contributed by atoms with Crippen LogP contribution in [-0.4, -0.2) is 79.6 Å². The molecular weight excluding hydrogens is 466 g/mol. The highest BCUT2D eigenvalue weighted by Crippen LogP contribution is 2.32. The molecule has 3 N–H and O–H groups in total. The minimum Gasteiger partial charge on any atom is -0.493 e. The summed E-state index contributed by atoms with van der Waals surface area (Å²) >= 11 is 0. The molecule has 0 saturated carbocycles. The molecular formula is C29H39N5O3. The number of hydrogen-bond donors (Lipinski definition) is 3. The number of carbonyl (C=O) groups is 2. The second-order valence-electron chi connectivity index (χ2n) is 10.4. The van der Waals surface area contributed by atoms with E-state index in [4.69, 9.17) is 4.74 Å². The van der Waals surface area contributed by atoms with Crippen LogP contribution in [0.3, 0.4) is 0 Å². The number of amides is 2. The van der Waals surface area contributed by atoms with E-state index in [1.165, 1.54) is 12.0 Å². The van der Waals surface area contributed by atoms with Crippen molar-refractivity contribution in [1.82, 2.24) is 25.8 Å². The zero-order valence-electron chi connectivity index (χ0n) is 21.9. The lowest BCUT2D eigenvalue weighted by Crippen LogP contribution is -2.62. The summed E-state index contributed by atoms with van der Waals surface area (Å²) < 4.78 is 5.85. The lowest BCUT2D eigenvalue weighted by atomic mass is 9.98. The van der Waals surface area contributed by atoms with E-state index < -0.39 is 12.1 Å². The maximum atomic E-state index is 14.2. The topological polar surface area (TPSA) is 85.9 Å². The fourth-order valence-electron chi connectivity index (χ4n) is 5.86. The second-order valence-corrected chi connectivity index (χ2v) is 10.4. The Morgan fingerprint density at radius 2 is 1.84 bits per heavy atom. The van der Waals surface area contributed by atoms with Crippen molar-refractivity contribution in [3.05, 3.63) is 65.7 Å². The summed E-state index contributed by atoms with van der Waals surface area (Å²) in [7, 11) is 1.75. The van der Waals surface area contributed by atoms with E-state index in [1.807, 2.05) is 53.4 Å². The van der Waals surface area contributed by atoms with Crippen molar-refractivity contribution in [2.24, 2.45) is 0 Å². The Bertz CT molecular complexity index is 1080. The lowest BCUT2D eigenvalue weighted by Gasteiger charge is -2.45. The number of rotatable bonds is 8. The van der Waals surface area contributed by atoms with Gasteiger partial charge in [0, 0.05) is 43.7 Å². The highest BCUT2D eigenvalue weighted by Gasteiger charge is 2.41. The van der Waals surface area contributed by atoms with E-state index in [1.54, 1.807) is 14.0 Å². The number of likely N-dealkylation sites (N-methyl/N-ethyl adjacent to an activating group) is 1. The van der Waals surface area contributed by atoms with Crippen LogP contribution >= 0.6 is 0 Å². The van der Waals surface area contributed by atoms with Gasteiger partial charge < -0.3 is 25.6 Å². The number of fused-ring (bicyclic) bond motifs is 2. The Labute approximate surface area is 219 Å². The van der Waals surface area contributed by atoms with Crippen molar-refractivity contribution in [2.45, 2.75) is 56.4 Å². The first-order valence-corrected chi connectivity index (χ1v) is 13.6. The molecule has 5 atom stereocenters. The van der Waals surface area contributed by atoms with Gasteiger partial charge in [-0.15, -0.1) is 0 Å². The van der Waals surface area contributed by atoms with Crippen LogP contribution in [0.25, 0.3) is 0 Å². The molecule has 5 rings (SSSR count). The molecule has 0 bridgehead atoms. The summed E-state index contributed by atoms with van der Waals surface area (Å²) in [5, 5.41) is 9.78. The summed E-state index contributed by atoms with van der Waals surface area (Å²) in [6.07, 6.45) is 3.17. The molecule has 2 aromatic rings. The molecule has 8 nitrogen and oxygen atoms in total. The molecule has 0 aliphatic carbocycles. The van der Waals surface area contributed by atoms with Crippen LogP contribution in [0.4, 0.5) is 0 Å². The molecule has 2 amide bonds. The van der Waals surface area contributed by atoms with E-state index in [0.717, 1.165) is 37.2 Å². The van der Waals surface area contributed by atoms with Gasteiger partial charge >= 0.3 is 0 Å². The summed E-state index contributed by atoms with van der Waals surface area (Å²) in [6, 6.07) is 17.3. The van der Waals surface area contributed by atoms with Crippen molar-refractivity contribution in [1.29, 1.82) is 0 Å². The summed E-state index contributed by atoms with van der Waals surface area (Å²) in [5.41, 5.74) is 1.99. The van der Waals surface area contributed by atoms with Crippen LogP contribution in [0.5, 0.6) is 5.75 Å². The quantitative estimate of drug-likeness (QED) is 0.510. The van der Waals surface area contributed by atoms with Crippen LogP contribution < -0.4 is 20.7 Å². The Morgan fingerprint density at radius 1 is 1.05 bits per heavy atom. The predicted octanol–water partition coefficient (Wildman–Crippen LogP) is 2.24. The third-order valence-electron chi connectivity index (χ3n) is 8.13. The zero-order valence-corrected chi connectivity index (χ0v) is 21.9. The van der Waals surface area contributed by atoms with E-state index in [2.05, 4.69) is 26.9 Å². The maximum absolute atomic E-state index is 14.2. The van der Waals surface area contributed by atoms with Gasteiger partial charge in [-0.3, -0.25) is 14.5 Å². The van der Waals surface area contributed by atoms with E-state index >= 15 is 0 Å². The number of ether oxygens (including phenoxy) is 1. The second kappa shape index (κ2) is 11.6. The van der Waals surface area contributed by atoms with Crippen molar-refractivity contribution in [3.63, 3.8) is 0 Å². The normalized spacial score (nSPS) is 24.9. The van der Waals surface area contributed by atoms with Crippen molar-refractivity contribution in [2.75, 3.05) is 39.8 Å². The smallest absolute Gasteiger partial charge is 0.250 e.